The van der Waals surface area contributed by atoms with Gasteiger partial charge in [-0.1, -0.05) is 15.9 Å². The molecule has 0 amide bonds. The van der Waals surface area contributed by atoms with Crippen LogP contribution < -0.4 is 0 Å². The van der Waals surface area contributed by atoms with E-state index >= 15 is 0 Å². The maximum Gasteiger partial charge on any atom is 0.419 e. The number of rotatable bonds is 3. The standard InChI is InChI=1S/C7H8BrF3N2/c8-2-1-3-13-5-6(4-12-13)7(9,10)11/h4-5H,1-3H2. The molecule has 0 radical (unpaired) electrons. The molecule has 0 aliphatic carbocycles. The summed E-state index contributed by atoms with van der Waals surface area (Å²) in [4.78, 5) is 0. The van der Waals surface area contributed by atoms with Gasteiger partial charge in [-0.2, -0.15) is 18.3 Å². The van der Waals surface area contributed by atoms with Crippen molar-refractivity contribution in [2.45, 2.75) is 19.1 Å². The van der Waals surface area contributed by atoms with Gasteiger partial charge >= 0.3 is 6.18 Å². The fourth-order valence-corrected chi connectivity index (χ4v) is 1.10. The van der Waals surface area contributed by atoms with Gasteiger partial charge in [0.15, 0.2) is 0 Å². The Morgan fingerprint density at radius 2 is 2.15 bits per heavy atom. The van der Waals surface area contributed by atoms with Crippen molar-refractivity contribution in [3.05, 3.63) is 18.0 Å². The highest BCUT2D eigenvalue weighted by Crippen LogP contribution is 2.28. The highest BCUT2D eigenvalue weighted by Gasteiger charge is 2.31. The van der Waals surface area contributed by atoms with Crippen molar-refractivity contribution in [2.24, 2.45) is 0 Å². The lowest BCUT2D eigenvalue weighted by molar-refractivity contribution is -0.137. The van der Waals surface area contributed by atoms with Gasteiger partial charge in [-0.3, -0.25) is 4.68 Å². The molecule has 74 valence electrons. The Kier molecular flexibility index (Phi) is 3.35. The Balaban J connectivity index is 2.64. The quantitative estimate of drug-likeness (QED) is 0.761. The maximum atomic E-state index is 12.1. The molecule has 2 nitrogen and oxygen atoms in total. The van der Waals surface area contributed by atoms with Crippen molar-refractivity contribution in [3.8, 4) is 0 Å². The molecule has 1 heterocycles. The summed E-state index contributed by atoms with van der Waals surface area (Å²) in [5.74, 6) is 0. The molecule has 0 saturated carbocycles. The normalized spacial score (nSPS) is 12.0. The van der Waals surface area contributed by atoms with Crippen LogP contribution in [-0.4, -0.2) is 15.1 Å². The third kappa shape index (κ3) is 3.02. The smallest absolute Gasteiger partial charge is 0.272 e. The molecule has 0 saturated heterocycles. The molecule has 0 aliphatic rings. The average Bonchev–Trinajstić information content (AvgIpc) is 2.47. The van der Waals surface area contributed by atoms with Gasteiger partial charge < -0.3 is 0 Å². The molecule has 1 aromatic heterocycles. The Bertz CT molecular complexity index is 269. The monoisotopic (exact) mass is 256 g/mol. The Morgan fingerprint density at radius 1 is 1.46 bits per heavy atom. The minimum Gasteiger partial charge on any atom is -0.272 e. The van der Waals surface area contributed by atoms with Crippen molar-refractivity contribution >= 4 is 15.9 Å². The first kappa shape index (κ1) is 10.6. The molecule has 0 aliphatic heterocycles. The minimum absolute atomic E-state index is 0.501. The summed E-state index contributed by atoms with van der Waals surface area (Å²) >= 11 is 3.19. The van der Waals surface area contributed by atoms with E-state index in [4.69, 9.17) is 0 Å². The maximum absolute atomic E-state index is 12.1. The van der Waals surface area contributed by atoms with E-state index in [-0.39, 0.29) is 0 Å². The summed E-state index contributed by atoms with van der Waals surface area (Å²) in [6.45, 7) is 0.501. The summed E-state index contributed by atoms with van der Waals surface area (Å²) < 4.78 is 37.5. The van der Waals surface area contributed by atoms with Crippen molar-refractivity contribution in [3.63, 3.8) is 0 Å². The van der Waals surface area contributed by atoms with E-state index in [1.807, 2.05) is 0 Å². The summed E-state index contributed by atoms with van der Waals surface area (Å²) in [5.41, 5.74) is -0.693. The third-order valence-electron chi connectivity index (χ3n) is 1.48. The second-order valence-electron chi connectivity index (χ2n) is 2.53. The predicted molar refractivity (Wildman–Crippen MR) is 45.6 cm³/mol. The molecule has 13 heavy (non-hydrogen) atoms. The van der Waals surface area contributed by atoms with Crippen LogP contribution in [-0.2, 0) is 12.7 Å². The van der Waals surface area contributed by atoms with Gasteiger partial charge in [-0.05, 0) is 6.42 Å². The van der Waals surface area contributed by atoms with Crippen molar-refractivity contribution in [1.82, 2.24) is 9.78 Å². The molecule has 0 N–H and O–H groups in total. The first-order chi connectivity index (χ1) is 6.04. The van der Waals surface area contributed by atoms with Gasteiger partial charge in [0.05, 0.1) is 11.8 Å². The van der Waals surface area contributed by atoms with Gasteiger partial charge in [0.1, 0.15) is 0 Å². The Hall–Kier alpha value is -0.520. The fourth-order valence-electron chi connectivity index (χ4n) is 0.854. The average molecular weight is 257 g/mol. The molecule has 0 fully saturated rings. The lowest BCUT2D eigenvalue weighted by atomic mass is 10.3. The fraction of sp³-hybridized carbons (Fsp3) is 0.571. The first-order valence-corrected chi connectivity index (χ1v) is 4.82. The largest absolute Gasteiger partial charge is 0.419 e. The van der Waals surface area contributed by atoms with Crippen LogP contribution in [0.1, 0.15) is 12.0 Å². The van der Waals surface area contributed by atoms with Crippen LogP contribution in [0.25, 0.3) is 0 Å². The third-order valence-corrected chi connectivity index (χ3v) is 2.04. The second kappa shape index (κ2) is 4.13. The van der Waals surface area contributed by atoms with Gasteiger partial charge in [-0.25, -0.2) is 0 Å². The number of hydrogen-bond donors (Lipinski definition) is 0. The number of hydrogen-bond acceptors (Lipinski definition) is 1. The molecular weight excluding hydrogens is 249 g/mol. The Morgan fingerprint density at radius 3 is 2.62 bits per heavy atom. The van der Waals surface area contributed by atoms with E-state index in [9.17, 15) is 13.2 Å². The van der Waals surface area contributed by atoms with Gasteiger partial charge in [0.25, 0.3) is 0 Å². The number of alkyl halides is 4. The summed E-state index contributed by atoms with van der Waals surface area (Å²) in [6.07, 6.45) is -1.66. The van der Waals surface area contributed by atoms with Crippen LogP contribution in [0.2, 0.25) is 0 Å². The van der Waals surface area contributed by atoms with E-state index in [1.54, 1.807) is 0 Å². The van der Waals surface area contributed by atoms with E-state index in [0.29, 0.717) is 6.54 Å². The lowest BCUT2D eigenvalue weighted by Crippen LogP contribution is -2.03. The van der Waals surface area contributed by atoms with Gasteiger partial charge in [-0.15, -0.1) is 0 Å². The summed E-state index contributed by atoms with van der Waals surface area (Å²) in [5, 5.41) is 4.35. The summed E-state index contributed by atoms with van der Waals surface area (Å²) in [7, 11) is 0. The van der Waals surface area contributed by atoms with Gasteiger partial charge in [0, 0.05) is 18.1 Å². The molecular formula is C7H8BrF3N2. The molecule has 0 aromatic carbocycles. The van der Waals surface area contributed by atoms with Crippen molar-refractivity contribution in [2.75, 3.05) is 5.33 Å². The highest BCUT2D eigenvalue weighted by molar-refractivity contribution is 9.09. The van der Waals surface area contributed by atoms with E-state index in [1.165, 1.54) is 4.68 Å². The molecule has 1 aromatic rings. The van der Waals surface area contributed by atoms with Gasteiger partial charge in [0.2, 0.25) is 0 Å². The molecule has 0 atom stereocenters. The molecule has 0 bridgehead atoms. The van der Waals surface area contributed by atoms with E-state index in [2.05, 4.69) is 21.0 Å². The van der Waals surface area contributed by atoms with Crippen LogP contribution in [0, 0.1) is 0 Å². The Labute approximate surface area is 81.9 Å². The van der Waals surface area contributed by atoms with Crippen molar-refractivity contribution in [1.29, 1.82) is 0 Å². The number of aromatic nitrogens is 2. The molecule has 1 rings (SSSR count). The number of halogens is 4. The highest BCUT2D eigenvalue weighted by atomic mass is 79.9. The number of nitrogens with zero attached hydrogens (tertiary/aromatic N) is 2. The zero-order valence-electron chi connectivity index (χ0n) is 6.68. The minimum atomic E-state index is -4.29. The first-order valence-electron chi connectivity index (χ1n) is 3.69. The molecule has 0 spiro atoms. The lowest BCUT2D eigenvalue weighted by Gasteiger charge is -2.00. The van der Waals surface area contributed by atoms with E-state index < -0.39 is 11.7 Å². The number of aryl methyl sites for hydroxylation is 1. The zero-order valence-corrected chi connectivity index (χ0v) is 8.27. The predicted octanol–water partition coefficient (Wildman–Crippen LogP) is 2.69. The molecule has 0 unspecified atom stereocenters. The zero-order chi connectivity index (χ0) is 9.90. The topological polar surface area (TPSA) is 17.8 Å². The second-order valence-corrected chi connectivity index (χ2v) is 3.33. The van der Waals surface area contributed by atoms with E-state index in [0.717, 1.165) is 24.1 Å². The van der Waals surface area contributed by atoms with Crippen LogP contribution in [0.3, 0.4) is 0 Å². The van der Waals surface area contributed by atoms with Crippen LogP contribution in [0.15, 0.2) is 12.4 Å². The van der Waals surface area contributed by atoms with Crippen LogP contribution in [0.5, 0.6) is 0 Å². The SMILES string of the molecule is FC(F)(F)c1cnn(CCCBr)c1. The van der Waals surface area contributed by atoms with Crippen molar-refractivity contribution < 1.29 is 13.2 Å². The molecule has 6 heteroatoms. The van der Waals surface area contributed by atoms with Crippen LogP contribution in [0.4, 0.5) is 13.2 Å². The summed E-state index contributed by atoms with van der Waals surface area (Å²) in [6, 6.07) is 0. The van der Waals surface area contributed by atoms with Crippen LogP contribution >= 0.6 is 15.9 Å².